The van der Waals surface area contributed by atoms with E-state index in [2.05, 4.69) is 20.4 Å². The van der Waals surface area contributed by atoms with Crippen LogP contribution in [0.15, 0.2) is 12.7 Å². The van der Waals surface area contributed by atoms with Crippen molar-refractivity contribution in [3.8, 4) is 0 Å². The van der Waals surface area contributed by atoms with Crippen LogP contribution in [0.4, 0.5) is 0 Å². The Kier molecular flexibility index (Phi) is 3.00. The van der Waals surface area contributed by atoms with Crippen LogP contribution in [0.2, 0.25) is 0 Å². The molecule has 0 unspecified atom stereocenters. The number of carbonyl (C=O) groups is 1. The molecule has 3 aliphatic rings. The van der Waals surface area contributed by atoms with E-state index in [0.29, 0.717) is 11.7 Å². The molecule has 0 bridgehead atoms. The van der Waals surface area contributed by atoms with E-state index in [1.807, 2.05) is 13.0 Å². The minimum atomic E-state index is -0.593. The highest BCUT2D eigenvalue weighted by Crippen LogP contribution is 2.69. The van der Waals surface area contributed by atoms with E-state index < -0.39 is 5.60 Å². The molecule has 3 aliphatic carbocycles. The van der Waals surface area contributed by atoms with Gasteiger partial charge in [0.05, 0.1) is 5.60 Å². The first kappa shape index (κ1) is 14.3. The Morgan fingerprint density at radius 3 is 2.65 bits per heavy atom. The molecule has 6 atom stereocenters. The van der Waals surface area contributed by atoms with E-state index in [1.54, 1.807) is 0 Å². The maximum Gasteiger partial charge on any atom is 0.139 e. The Labute approximate surface area is 122 Å². The molecule has 0 radical (unpaired) electrons. The number of Topliss-reactive ketones (excluding diaryl/α,β-unsaturated/α-hetero) is 1. The van der Waals surface area contributed by atoms with Crippen LogP contribution >= 0.6 is 0 Å². The first-order valence-corrected chi connectivity index (χ1v) is 8.16. The normalized spacial score (nSPS) is 52.5. The molecule has 2 heteroatoms. The van der Waals surface area contributed by atoms with Crippen molar-refractivity contribution < 1.29 is 9.90 Å². The van der Waals surface area contributed by atoms with Crippen LogP contribution < -0.4 is 0 Å². The van der Waals surface area contributed by atoms with Gasteiger partial charge in [-0.05, 0) is 62.2 Å². The van der Waals surface area contributed by atoms with Crippen LogP contribution in [0.5, 0.6) is 0 Å². The van der Waals surface area contributed by atoms with Gasteiger partial charge >= 0.3 is 0 Å². The van der Waals surface area contributed by atoms with Gasteiger partial charge in [-0.2, -0.15) is 0 Å². The highest BCUT2D eigenvalue weighted by molar-refractivity contribution is 5.87. The second-order valence-electron chi connectivity index (χ2n) is 8.12. The van der Waals surface area contributed by atoms with Crippen LogP contribution in [-0.4, -0.2) is 16.5 Å². The van der Waals surface area contributed by atoms with Gasteiger partial charge in [0, 0.05) is 11.8 Å². The number of allylic oxidation sites excluding steroid dienone is 1. The van der Waals surface area contributed by atoms with Gasteiger partial charge in [-0.1, -0.05) is 19.9 Å². The zero-order valence-electron chi connectivity index (χ0n) is 13.1. The van der Waals surface area contributed by atoms with Crippen molar-refractivity contribution in [2.24, 2.45) is 28.6 Å². The van der Waals surface area contributed by atoms with Gasteiger partial charge in [-0.25, -0.2) is 0 Å². The van der Waals surface area contributed by atoms with Crippen LogP contribution in [-0.2, 0) is 4.79 Å². The number of carbonyl (C=O) groups excluding carboxylic acids is 1. The Hall–Kier alpha value is -0.630. The SMILES string of the molecule is C=C[C@@H](C)[C@@]12CC[C@](C)(O)[C@H]3CC[C@@](C)(CCC1=O)[C@@H]32. The van der Waals surface area contributed by atoms with E-state index in [0.717, 1.165) is 38.5 Å². The fourth-order valence-electron chi connectivity index (χ4n) is 5.95. The van der Waals surface area contributed by atoms with Crippen molar-refractivity contribution in [1.82, 2.24) is 0 Å². The molecule has 3 rings (SSSR count). The minimum Gasteiger partial charge on any atom is -0.390 e. The quantitative estimate of drug-likeness (QED) is 0.780. The average Bonchev–Trinajstić information content (AvgIpc) is 2.77. The van der Waals surface area contributed by atoms with Crippen LogP contribution in [0.3, 0.4) is 0 Å². The molecule has 2 nitrogen and oxygen atoms in total. The van der Waals surface area contributed by atoms with Crippen molar-refractivity contribution in [2.45, 2.75) is 64.9 Å². The zero-order chi connectivity index (χ0) is 14.8. The number of hydrogen-bond donors (Lipinski definition) is 1. The third-order valence-corrected chi connectivity index (χ3v) is 7.19. The summed E-state index contributed by atoms with van der Waals surface area (Å²) < 4.78 is 0. The zero-order valence-corrected chi connectivity index (χ0v) is 13.1. The lowest BCUT2D eigenvalue weighted by atomic mass is 9.44. The molecule has 1 N–H and O–H groups in total. The van der Waals surface area contributed by atoms with Crippen LogP contribution in [0.1, 0.15) is 59.3 Å². The Balaban J connectivity index is 2.14. The van der Waals surface area contributed by atoms with Gasteiger partial charge < -0.3 is 5.11 Å². The first-order valence-electron chi connectivity index (χ1n) is 8.16. The lowest BCUT2D eigenvalue weighted by Crippen LogP contribution is -2.60. The van der Waals surface area contributed by atoms with Crippen molar-refractivity contribution in [3.63, 3.8) is 0 Å². The van der Waals surface area contributed by atoms with Gasteiger partial charge in [0.25, 0.3) is 0 Å². The Bertz CT molecular complexity index is 452. The fourth-order valence-corrected chi connectivity index (χ4v) is 5.95. The number of aliphatic hydroxyl groups is 1. The molecule has 3 saturated carbocycles. The Morgan fingerprint density at radius 2 is 2.00 bits per heavy atom. The number of rotatable bonds is 2. The molecule has 0 aromatic rings. The summed E-state index contributed by atoms with van der Waals surface area (Å²) >= 11 is 0. The van der Waals surface area contributed by atoms with E-state index in [-0.39, 0.29) is 22.7 Å². The van der Waals surface area contributed by atoms with Gasteiger partial charge in [0.2, 0.25) is 0 Å². The van der Waals surface area contributed by atoms with Gasteiger partial charge in [-0.3, -0.25) is 4.79 Å². The summed E-state index contributed by atoms with van der Waals surface area (Å²) in [4.78, 5) is 12.9. The standard InChI is InChI=1S/C18H28O2/c1-5-12(2)18-11-10-17(4,20)13-6-8-16(3,15(13)18)9-7-14(18)19/h5,12-13,15,20H,1,6-11H2,2-4H3/t12-,13+,15-,16+,17+,18+/m1/s1. The molecule has 0 amide bonds. The molecular weight excluding hydrogens is 248 g/mol. The monoisotopic (exact) mass is 276 g/mol. The van der Waals surface area contributed by atoms with Crippen molar-refractivity contribution in [1.29, 1.82) is 0 Å². The predicted octanol–water partition coefficient (Wildman–Crippen LogP) is 3.74. The number of ketones is 1. The van der Waals surface area contributed by atoms with E-state index in [9.17, 15) is 9.90 Å². The third-order valence-electron chi connectivity index (χ3n) is 7.19. The third kappa shape index (κ3) is 1.57. The first-order chi connectivity index (χ1) is 9.28. The van der Waals surface area contributed by atoms with Crippen molar-refractivity contribution in [3.05, 3.63) is 12.7 Å². The highest BCUT2D eigenvalue weighted by atomic mass is 16.3. The summed E-state index contributed by atoms with van der Waals surface area (Å²) in [5.41, 5.74) is -0.608. The maximum atomic E-state index is 12.9. The highest BCUT2D eigenvalue weighted by Gasteiger charge is 2.67. The molecule has 0 saturated heterocycles. The second kappa shape index (κ2) is 4.19. The topological polar surface area (TPSA) is 37.3 Å². The summed E-state index contributed by atoms with van der Waals surface area (Å²) in [7, 11) is 0. The summed E-state index contributed by atoms with van der Waals surface area (Å²) in [6, 6.07) is 0. The van der Waals surface area contributed by atoms with Crippen LogP contribution in [0.25, 0.3) is 0 Å². The molecule has 0 aromatic carbocycles. The molecule has 20 heavy (non-hydrogen) atoms. The lowest BCUT2D eigenvalue weighted by molar-refractivity contribution is -0.173. The van der Waals surface area contributed by atoms with E-state index in [4.69, 9.17) is 0 Å². The van der Waals surface area contributed by atoms with Crippen molar-refractivity contribution in [2.75, 3.05) is 0 Å². The summed E-state index contributed by atoms with van der Waals surface area (Å²) in [5.74, 6) is 1.28. The molecule has 3 fully saturated rings. The number of hydrogen-bond acceptors (Lipinski definition) is 2. The van der Waals surface area contributed by atoms with E-state index >= 15 is 0 Å². The molecular formula is C18H28O2. The molecule has 0 aromatic heterocycles. The molecule has 0 aliphatic heterocycles. The smallest absolute Gasteiger partial charge is 0.139 e. The average molecular weight is 276 g/mol. The molecule has 0 heterocycles. The van der Waals surface area contributed by atoms with Gasteiger partial charge in [-0.15, -0.1) is 6.58 Å². The van der Waals surface area contributed by atoms with Gasteiger partial charge in [0.1, 0.15) is 5.78 Å². The van der Waals surface area contributed by atoms with Crippen LogP contribution in [0, 0.1) is 28.6 Å². The summed E-state index contributed by atoms with van der Waals surface area (Å²) in [5, 5.41) is 10.8. The lowest BCUT2D eigenvalue weighted by Gasteiger charge is -2.59. The summed E-state index contributed by atoms with van der Waals surface area (Å²) in [6.45, 7) is 10.5. The largest absolute Gasteiger partial charge is 0.390 e. The molecule has 0 spiro atoms. The fraction of sp³-hybridized carbons (Fsp3) is 0.833. The second-order valence-corrected chi connectivity index (χ2v) is 8.12. The maximum absolute atomic E-state index is 12.9. The predicted molar refractivity (Wildman–Crippen MR) is 80.2 cm³/mol. The van der Waals surface area contributed by atoms with Crippen molar-refractivity contribution >= 4 is 5.78 Å². The minimum absolute atomic E-state index is 0.219. The van der Waals surface area contributed by atoms with Gasteiger partial charge in [0.15, 0.2) is 0 Å². The Morgan fingerprint density at radius 1 is 1.30 bits per heavy atom. The molecule has 112 valence electrons. The van der Waals surface area contributed by atoms with E-state index in [1.165, 1.54) is 0 Å². The summed E-state index contributed by atoms with van der Waals surface area (Å²) in [6.07, 6.45) is 7.54.